The monoisotopic (exact) mass is 375 g/mol. The highest BCUT2D eigenvalue weighted by atomic mass is 16.5. The maximum atomic E-state index is 12.7. The number of hydrogen-bond donors (Lipinski definition) is 2. The summed E-state index contributed by atoms with van der Waals surface area (Å²) >= 11 is 0. The van der Waals surface area contributed by atoms with Gasteiger partial charge in [-0.15, -0.1) is 0 Å². The van der Waals surface area contributed by atoms with E-state index < -0.39 is 0 Å². The Bertz CT molecular complexity index is 743. The van der Waals surface area contributed by atoms with Gasteiger partial charge in [0.15, 0.2) is 0 Å². The van der Waals surface area contributed by atoms with Crippen molar-refractivity contribution in [2.24, 2.45) is 5.73 Å². The van der Waals surface area contributed by atoms with Crippen LogP contribution in [0.2, 0.25) is 0 Å². The normalized spacial score (nSPS) is 17.1. The van der Waals surface area contributed by atoms with E-state index in [1.165, 1.54) is 12.5 Å². The first-order valence-corrected chi connectivity index (χ1v) is 9.28. The van der Waals surface area contributed by atoms with E-state index in [2.05, 4.69) is 15.5 Å². The number of nitrogens with one attached hydrogen (secondary N) is 1. The van der Waals surface area contributed by atoms with Gasteiger partial charge in [0.1, 0.15) is 6.26 Å². The van der Waals surface area contributed by atoms with Crippen LogP contribution in [0.25, 0.3) is 11.4 Å². The molecule has 3 rings (SSSR count). The van der Waals surface area contributed by atoms with Crippen molar-refractivity contribution in [2.45, 2.75) is 44.6 Å². The first-order valence-electron chi connectivity index (χ1n) is 9.28. The third-order valence-corrected chi connectivity index (χ3v) is 4.65. The van der Waals surface area contributed by atoms with Crippen molar-refractivity contribution in [3.63, 3.8) is 0 Å². The van der Waals surface area contributed by atoms with Gasteiger partial charge in [-0.05, 0) is 25.3 Å². The molecule has 1 aliphatic rings. The van der Waals surface area contributed by atoms with Gasteiger partial charge in [0.05, 0.1) is 11.8 Å². The first kappa shape index (κ1) is 19.1. The van der Waals surface area contributed by atoms with E-state index in [4.69, 9.17) is 14.7 Å². The molecular formula is C18H25N5O4. The zero-order valence-corrected chi connectivity index (χ0v) is 15.2. The van der Waals surface area contributed by atoms with Crippen LogP contribution in [0.5, 0.6) is 0 Å². The zero-order chi connectivity index (χ0) is 19.1. The van der Waals surface area contributed by atoms with E-state index in [0.29, 0.717) is 50.6 Å². The second-order valence-corrected chi connectivity index (χ2v) is 6.60. The summed E-state index contributed by atoms with van der Waals surface area (Å²) in [5, 5.41) is 6.77. The molecule has 0 radical (unpaired) electrons. The van der Waals surface area contributed by atoms with Crippen molar-refractivity contribution in [1.82, 2.24) is 20.4 Å². The van der Waals surface area contributed by atoms with E-state index in [1.807, 2.05) is 4.90 Å². The molecule has 0 aliphatic carbocycles. The minimum atomic E-state index is -0.0758. The number of amides is 2. The number of carbonyl (C=O) groups excluding carboxylic acids is 2. The molecule has 0 spiro atoms. The molecular weight excluding hydrogens is 350 g/mol. The topological polar surface area (TPSA) is 127 Å². The van der Waals surface area contributed by atoms with Gasteiger partial charge in [-0.1, -0.05) is 5.16 Å². The highest BCUT2D eigenvalue weighted by molar-refractivity contribution is 5.78. The van der Waals surface area contributed by atoms with Gasteiger partial charge in [0, 0.05) is 44.9 Å². The molecule has 9 nitrogen and oxygen atoms in total. The van der Waals surface area contributed by atoms with Crippen LogP contribution >= 0.6 is 0 Å². The van der Waals surface area contributed by atoms with Crippen LogP contribution in [-0.2, 0) is 16.0 Å². The van der Waals surface area contributed by atoms with Gasteiger partial charge in [-0.3, -0.25) is 9.59 Å². The zero-order valence-electron chi connectivity index (χ0n) is 15.2. The summed E-state index contributed by atoms with van der Waals surface area (Å²) in [5.41, 5.74) is 6.13. The molecule has 27 heavy (non-hydrogen) atoms. The Morgan fingerprint density at radius 2 is 2.22 bits per heavy atom. The fourth-order valence-electron chi connectivity index (χ4n) is 3.22. The molecule has 1 fully saturated rings. The summed E-state index contributed by atoms with van der Waals surface area (Å²) in [6.07, 6.45) is 6.97. The lowest BCUT2D eigenvalue weighted by Gasteiger charge is -2.36. The SMILES string of the molecule is NCCC(=O)NCC1CCCCN1C(=O)CCc1nc(-c2ccoc2)no1. The van der Waals surface area contributed by atoms with Crippen molar-refractivity contribution in [2.75, 3.05) is 19.6 Å². The molecule has 2 aromatic rings. The Labute approximate surface area is 157 Å². The van der Waals surface area contributed by atoms with Crippen LogP contribution in [0, 0.1) is 0 Å². The standard InChI is InChI=1S/C18H25N5O4/c19-8-6-15(24)20-11-14-3-1-2-9-23(14)17(25)5-4-16-21-18(22-27-16)13-7-10-26-12-13/h7,10,12,14H,1-6,8-9,11,19H2,(H,20,24). The summed E-state index contributed by atoms with van der Waals surface area (Å²) in [7, 11) is 0. The Morgan fingerprint density at radius 3 is 3.00 bits per heavy atom. The van der Waals surface area contributed by atoms with Crippen molar-refractivity contribution in [1.29, 1.82) is 0 Å². The Morgan fingerprint density at radius 1 is 1.33 bits per heavy atom. The Hall–Kier alpha value is -2.68. The Kier molecular flexibility index (Phi) is 6.59. The quantitative estimate of drug-likeness (QED) is 0.707. The summed E-state index contributed by atoms with van der Waals surface area (Å²) in [6.45, 7) is 1.50. The van der Waals surface area contributed by atoms with Crippen molar-refractivity contribution < 1.29 is 18.5 Å². The lowest BCUT2D eigenvalue weighted by molar-refractivity contribution is -0.135. The number of nitrogens with two attached hydrogens (primary N) is 1. The summed E-state index contributed by atoms with van der Waals surface area (Å²) in [5.74, 6) is 0.831. The molecule has 0 aromatic carbocycles. The van der Waals surface area contributed by atoms with Crippen LogP contribution in [0.1, 0.15) is 38.0 Å². The fraction of sp³-hybridized carbons (Fsp3) is 0.556. The summed E-state index contributed by atoms with van der Waals surface area (Å²) in [6, 6.07) is 1.77. The summed E-state index contributed by atoms with van der Waals surface area (Å²) in [4.78, 5) is 30.5. The van der Waals surface area contributed by atoms with Gasteiger partial charge in [0.25, 0.3) is 0 Å². The van der Waals surface area contributed by atoms with E-state index >= 15 is 0 Å². The second kappa shape index (κ2) is 9.31. The third-order valence-electron chi connectivity index (χ3n) is 4.65. The second-order valence-electron chi connectivity index (χ2n) is 6.60. The summed E-state index contributed by atoms with van der Waals surface area (Å²) < 4.78 is 10.2. The lowest BCUT2D eigenvalue weighted by Crippen LogP contribution is -2.49. The number of rotatable bonds is 8. The van der Waals surface area contributed by atoms with Crippen LogP contribution in [0.15, 0.2) is 27.5 Å². The number of hydrogen-bond acceptors (Lipinski definition) is 7. The maximum Gasteiger partial charge on any atom is 0.227 e. The predicted molar refractivity (Wildman–Crippen MR) is 96.4 cm³/mol. The fourth-order valence-corrected chi connectivity index (χ4v) is 3.22. The highest BCUT2D eigenvalue weighted by Gasteiger charge is 2.27. The number of carbonyl (C=O) groups is 2. The molecule has 146 valence electrons. The van der Waals surface area contributed by atoms with Gasteiger partial charge < -0.3 is 24.9 Å². The van der Waals surface area contributed by atoms with Crippen molar-refractivity contribution in [3.05, 3.63) is 24.5 Å². The van der Waals surface area contributed by atoms with Crippen LogP contribution in [-0.4, -0.2) is 52.5 Å². The number of aryl methyl sites for hydroxylation is 1. The molecule has 1 aliphatic heterocycles. The smallest absolute Gasteiger partial charge is 0.227 e. The minimum Gasteiger partial charge on any atom is -0.472 e. The van der Waals surface area contributed by atoms with Crippen molar-refractivity contribution >= 4 is 11.8 Å². The molecule has 1 saturated heterocycles. The molecule has 3 heterocycles. The van der Waals surface area contributed by atoms with Gasteiger partial charge in [0.2, 0.25) is 23.5 Å². The van der Waals surface area contributed by atoms with Crippen LogP contribution < -0.4 is 11.1 Å². The number of aromatic nitrogens is 2. The predicted octanol–water partition coefficient (Wildman–Crippen LogP) is 1.11. The van der Waals surface area contributed by atoms with E-state index in [1.54, 1.807) is 6.07 Å². The molecule has 0 bridgehead atoms. The molecule has 1 atom stereocenters. The highest BCUT2D eigenvalue weighted by Crippen LogP contribution is 2.19. The van der Waals surface area contributed by atoms with Gasteiger partial charge in [-0.25, -0.2) is 0 Å². The average molecular weight is 375 g/mol. The molecule has 9 heteroatoms. The van der Waals surface area contributed by atoms with Crippen molar-refractivity contribution in [3.8, 4) is 11.4 Å². The Balaban J connectivity index is 1.51. The minimum absolute atomic E-state index is 0.0251. The molecule has 1 unspecified atom stereocenters. The van der Waals surface area contributed by atoms with E-state index in [9.17, 15) is 9.59 Å². The lowest BCUT2D eigenvalue weighted by atomic mass is 10.0. The molecule has 3 N–H and O–H groups in total. The number of furan rings is 1. The largest absolute Gasteiger partial charge is 0.472 e. The number of nitrogens with zero attached hydrogens (tertiary/aromatic N) is 3. The molecule has 2 aromatic heterocycles. The average Bonchev–Trinajstić information content (AvgIpc) is 3.36. The van der Waals surface area contributed by atoms with Gasteiger partial charge >= 0.3 is 0 Å². The van der Waals surface area contributed by atoms with E-state index in [0.717, 1.165) is 24.8 Å². The van der Waals surface area contributed by atoms with E-state index in [-0.39, 0.29) is 17.9 Å². The molecule has 0 saturated carbocycles. The van der Waals surface area contributed by atoms with Crippen LogP contribution in [0.4, 0.5) is 0 Å². The number of piperidine rings is 1. The first-order chi connectivity index (χ1) is 13.2. The third kappa shape index (κ3) is 5.16. The van der Waals surface area contributed by atoms with Crippen LogP contribution in [0.3, 0.4) is 0 Å². The molecule has 2 amide bonds. The maximum absolute atomic E-state index is 12.7. The van der Waals surface area contributed by atoms with Gasteiger partial charge in [-0.2, -0.15) is 4.98 Å². The number of likely N-dealkylation sites (tertiary alicyclic amines) is 1.